The molecule has 1 unspecified atom stereocenters. The second kappa shape index (κ2) is 6.03. The predicted molar refractivity (Wildman–Crippen MR) is 107 cm³/mol. The molecule has 1 aliphatic heterocycles. The van der Waals surface area contributed by atoms with Crippen LogP contribution in [0.2, 0.25) is 0 Å². The minimum atomic E-state index is -0.110. The number of nitrogens with one attached hydrogen (secondary N) is 1. The van der Waals surface area contributed by atoms with Crippen molar-refractivity contribution in [3.8, 4) is 0 Å². The molecule has 128 valence electrons. The van der Waals surface area contributed by atoms with E-state index in [0.29, 0.717) is 17.9 Å². The summed E-state index contributed by atoms with van der Waals surface area (Å²) in [5, 5.41) is 0.716. The van der Waals surface area contributed by atoms with E-state index in [0.717, 1.165) is 25.4 Å². The lowest BCUT2D eigenvalue weighted by Gasteiger charge is -2.23. The second-order valence-corrected chi connectivity index (χ2v) is 8.61. The molecule has 1 atom stereocenters. The Balaban J connectivity index is 1.77. The van der Waals surface area contributed by atoms with Gasteiger partial charge in [-0.25, -0.2) is 9.97 Å². The van der Waals surface area contributed by atoms with Gasteiger partial charge in [0, 0.05) is 33.7 Å². The van der Waals surface area contributed by atoms with Gasteiger partial charge in [-0.15, -0.1) is 11.3 Å². The third-order valence-corrected chi connectivity index (χ3v) is 6.30. The van der Waals surface area contributed by atoms with E-state index >= 15 is 0 Å². The van der Waals surface area contributed by atoms with Gasteiger partial charge in [0.25, 0.3) is 0 Å². The van der Waals surface area contributed by atoms with Crippen molar-refractivity contribution in [1.82, 2.24) is 15.0 Å². The van der Waals surface area contributed by atoms with Crippen molar-refractivity contribution >= 4 is 44.1 Å². The molecule has 4 aromatic rings. The summed E-state index contributed by atoms with van der Waals surface area (Å²) in [5.41, 5.74) is 2.64. The topological polar surface area (TPSA) is 61.9 Å². The number of nitrogens with zero attached hydrogens (tertiary/aromatic N) is 3. The van der Waals surface area contributed by atoms with Crippen LogP contribution in [0, 0.1) is 0 Å². The Morgan fingerprint density at radius 1 is 1.12 bits per heavy atom. The number of pyridine rings is 1. The van der Waals surface area contributed by atoms with Crippen molar-refractivity contribution in [3.63, 3.8) is 0 Å². The molecule has 5 rings (SSSR count). The third kappa shape index (κ3) is 2.39. The normalized spacial score (nSPS) is 16.2. The number of H-pyrrole nitrogens is 1. The van der Waals surface area contributed by atoms with Crippen molar-refractivity contribution in [1.29, 1.82) is 0 Å². The van der Waals surface area contributed by atoms with Crippen LogP contribution in [0.25, 0.3) is 10.9 Å². The van der Waals surface area contributed by atoms with Gasteiger partial charge in [0.15, 0.2) is 5.43 Å². The second-order valence-electron chi connectivity index (χ2n) is 6.11. The van der Waals surface area contributed by atoms with E-state index in [1.165, 1.54) is 0 Å². The zero-order valence-electron chi connectivity index (χ0n) is 13.5. The molecule has 3 aromatic heterocycles. The fourth-order valence-electron chi connectivity index (χ4n) is 3.50. The zero-order chi connectivity index (χ0) is 17.7. The quantitative estimate of drug-likeness (QED) is 0.522. The maximum absolute atomic E-state index is 13.1. The van der Waals surface area contributed by atoms with Crippen LogP contribution in [0.4, 0.5) is 5.95 Å². The van der Waals surface area contributed by atoms with Gasteiger partial charge < -0.3 is 9.88 Å². The monoisotopic (exact) mass is 424 g/mol. The fraction of sp³-hybridized carbons (Fsp3) is 0.105. The van der Waals surface area contributed by atoms with Crippen molar-refractivity contribution in [2.75, 3.05) is 4.90 Å². The van der Waals surface area contributed by atoms with Gasteiger partial charge >= 0.3 is 0 Å². The molecule has 0 spiro atoms. The van der Waals surface area contributed by atoms with Gasteiger partial charge in [0.1, 0.15) is 6.04 Å². The molecule has 7 heteroatoms. The summed E-state index contributed by atoms with van der Waals surface area (Å²) in [6, 6.07) is 13.4. The van der Waals surface area contributed by atoms with Crippen LogP contribution in [-0.2, 0) is 6.54 Å². The van der Waals surface area contributed by atoms with Gasteiger partial charge in [-0.1, -0.05) is 12.1 Å². The lowest BCUT2D eigenvalue weighted by atomic mass is 10.1. The minimum Gasteiger partial charge on any atom is -0.356 e. The van der Waals surface area contributed by atoms with Crippen LogP contribution >= 0.6 is 27.3 Å². The molecule has 4 heterocycles. The first kappa shape index (κ1) is 15.7. The van der Waals surface area contributed by atoms with E-state index in [1.807, 2.05) is 30.3 Å². The Morgan fingerprint density at radius 3 is 2.69 bits per heavy atom. The van der Waals surface area contributed by atoms with Gasteiger partial charge in [0.2, 0.25) is 5.95 Å². The number of rotatable bonds is 2. The van der Waals surface area contributed by atoms with Gasteiger partial charge in [-0.05, 0) is 46.3 Å². The van der Waals surface area contributed by atoms with Crippen molar-refractivity contribution in [3.05, 3.63) is 85.0 Å². The maximum Gasteiger partial charge on any atom is 0.226 e. The highest BCUT2D eigenvalue weighted by atomic mass is 79.9. The molecule has 0 saturated carbocycles. The molecule has 1 N–H and O–H groups in total. The standard InChI is InChI=1S/C19H13BrN4OS/c20-15-7-6-14(26-15)17-16-12(10-24(17)19-21-8-3-9-22-19)18(25)11-4-1-2-5-13(11)23-16/h1-9,17H,10H2,(H,23,25). The lowest BCUT2D eigenvalue weighted by Crippen LogP contribution is -2.24. The molecule has 1 aromatic carbocycles. The van der Waals surface area contributed by atoms with Gasteiger partial charge in [-0.2, -0.15) is 0 Å². The SMILES string of the molecule is O=c1c2c([nH]c3ccccc13)C(c1ccc(Br)s1)N(c1ncccn1)C2. The van der Waals surface area contributed by atoms with Gasteiger partial charge in [-0.3, -0.25) is 4.79 Å². The first-order chi connectivity index (χ1) is 12.7. The first-order valence-corrected chi connectivity index (χ1v) is 9.76. The molecule has 0 aliphatic carbocycles. The molecular formula is C19H13BrN4OS. The zero-order valence-corrected chi connectivity index (χ0v) is 15.9. The van der Waals surface area contributed by atoms with Crippen molar-refractivity contribution in [2.45, 2.75) is 12.6 Å². The largest absolute Gasteiger partial charge is 0.356 e. The van der Waals surface area contributed by atoms with E-state index in [9.17, 15) is 4.79 Å². The first-order valence-electron chi connectivity index (χ1n) is 8.15. The number of hydrogen-bond donors (Lipinski definition) is 1. The summed E-state index contributed by atoms with van der Waals surface area (Å²) >= 11 is 5.20. The Labute approximate surface area is 161 Å². The highest BCUT2D eigenvalue weighted by molar-refractivity contribution is 9.11. The van der Waals surface area contributed by atoms with E-state index in [-0.39, 0.29) is 11.5 Å². The molecule has 0 saturated heterocycles. The smallest absolute Gasteiger partial charge is 0.226 e. The molecule has 0 bridgehead atoms. The Hall–Kier alpha value is -2.51. The van der Waals surface area contributed by atoms with Crippen molar-refractivity contribution in [2.24, 2.45) is 0 Å². The summed E-state index contributed by atoms with van der Waals surface area (Å²) in [6.07, 6.45) is 3.45. The average Bonchev–Trinajstić information content (AvgIpc) is 3.26. The molecule has 0 amide bonds. The molecule has 1 aliphatic rings. The Kier molecular flexibility index (Phi) is 3.65. The average molecular weight is 425 g/mol. The molecule has 0 fully saturated rings. The number of fused-ring (bicyclic) bond motifs is 2. The highest BCUT2D eigenvalue weighted by Gasteiger charge is 2.36. The Morgan fingerprint density at radius 2 is 1.92 bits per heavy atom. The summed E-state index contributed by atoms with van der Waals surface area (Å²) in [5.74, 6) is 0.620. The van der Waals surface area contributed by atoms with Crippen molar-refractivity contribution < 1.29 is 0 Å². The van der Waals surface area contributed by atoms with Crippen LogP contribution in [0.5, 0.6) is 0 Å². The van der Waals surface area contributed by atoms with Crippen LogP contribution in [0.1, 0.15) is 22.2 Å². The number of para-hydroxylation sites is 1. The van der Waals surface area contributed by atoms with E-state index < -0.39 is 0 Å². The molecular weight excluding hydrogens is 412 g/mol. The summed E-state index contributed by atoms with van der Waals surface area (Å²) in [6.45, 7) is 0.486. The van der Waals surface area contributed by atoms with E-state index in [1.54, 1.807) is 29.8 Å². The molecule has 0 radical (unpaired) electrons. The van der Waals surface area contributed by atoms with E-state index in [4.69, 9.17) is 0 Å². The fourth-order valence-corrected chi connectivity index (χ4v) is 5.05. The van der Waals surface area contributed by atoms with Crippen LogP contribution in [0.15, 0.2) is 63.4 Å². The van der Waals surface area contributed by atoms with Crippen LogP contribution < -0.4 is 10.3 Å². The predicted octanol–water partition coefficient (Wildman–Crippen LogP) is 4.25. The number of halogens is 1. The number of anilines is 1. The number of aromatic amines is 1. The highest BCUT2D eigenvalue weighted by Crippen LogP contribution is 2.42. The summed E-state index contributed by atoms with van der Waals surface area (Å²) in [7, 11) is 0. The molecule has 5 nitrogen and oxygen atoms in total. The number of thiophene rings is 1. The summed E-state index contributed by atoms with van der Waals surface area (Å²) < 4.78 is 1.05. The number of benzene rings is 1. The number of hydrogen-bond acceptors (Lipinski definition) is 5. The molecule has 26 heavy (non-hydrogen) atoms. The number of aromatic nitrogens is 3. The third-order valence-electron chi connectivity index (χ3n) is 4.63. The van der Waals surface area contributed by atoms with E-state index in [2.05, 4.69) is 41.8 Å². The van der Waals surface area contributed by atoms with Gasteiger partial charge in [0.05, 0.1) is 16.0 Å². The summed E-state index contributed by atoms with van der Waals surface area (Å²) in [4.78, 5) is 28.6. The van der Waals surface area contributed by atoms with Crippen LogP contribution in [-0.4, -0.2) is 15.0 Å². The minimum absolute atomic E-state index is 0.0772. The Bertz CT molecular complexity index is 1170. The lowest BCUT2D eigenvalue weighted by molar-refractivity contribution is 0.738. The van der Waals surface area contributed by atoms with Crippen LogP contribution in [0.3, 0.4) is 0 Å². The maximum atomic E-state index is 13.1.